The van der Waals surface area contributed by atoms with Gasteiger partial charge in [0.25, 0.3) is 10.0 Å². The number of carbonyl (C=O) groups excluding carboxylic acids is 1. The van der Waals surface area contributed by atoms with Gasteiger partial charge in [-0.15, -0.1) is 23.7 Å². The predicted molar refractivity (Wildman–Crippen MR) is 99.4 cm³/mol. The van der Waals surface area contributed by atoms with Crippen molar-refractivity contribution < 1.29 is 26.4 Å². The van der Waals surface area contributed by atoms with E-state index in [0.717, 1.165) is 0 Å². The van der Waals surface area contributed by atoms with Crippen LogP contribution in [0.15, 0.2) is 14.5 Å². The molecule has 0 amide bonds. The Morgan fingerprint density at radius 3 is 2.69 bits per heavy atom. The molecule has 0 saturated carbocycles. The fourth-order valence-corrected chi connectivity index (χ4v) is 6.86. The average molecular weight is 448 g/mol. The van der Waals surface area contributed by atoms with Crippen LogP contribution >= 0.6 is 23.7 Å². The molecule has 150 valence electrons. The lowest BCUT2D eigenvalue weighted by Gasteiger charge is -2.32. The molecule has 2 rings (SSSR count). The Balaban J connectivity index is 0.00000338. The van der Waals surface area contributed by atoms with E-state index in [4.69, 9.17) is 9.88 Å². The number of nitrogens with zero attached hydrogens (tertiary/aromatic N) is 1. The Kier molecular flexibility index (Phi) is 8.02. The van der Waals surface area contributed by atoms with E-state index in [1.165, 1.54) is 17.3 Å². The van der Waals surface area contributed by atoms with E-state index in [-0.39, 0.29) is 46.6 Å². The molecule has 13 heteroatoms. The zero-order valence-electron chi connectivity index (χ0n) is 14.3. The Morgan fingerprint density at radius 1 is 1.50 bits per heavy atom. The summed E-state index contributed by atoms with van der Waals surface area (Å²) in [6, 6.07) is 1.00. The van der Waals surface area contributed by atoms with Crippen molar-refractivity contribution in [1.29, 1.82) is 0 Å². The van der Waals surface area contributed by atoms with Crippen molar-refractivity contribution in [1.82, 2.24) is 9.62 Å². The van der Waals surface area contributed by atoms with Crippen LogP contribution in [0, 0.1) is 0 Å². The molecule has 1 aliphatic heterocycles. The van der Waals surface area contributed by atoms with Crippen LogP contribution in [0.25, 0.3) is 0 Å². The molecule has 0 bridgehead atoms. The summed E-state index contributed by atoms with van der Waals surface area (Å²) in [6.45, 7) is 4.20. The van der Waals surface area contributed by atoms with E-state index < -0.39 is 26.0 Å². The van der Waals surface area contributed by atoms with Crippen molar-refractivity contribution in [3.05, 3.63) is 11.6 Å². The van der Waals surface area contributed by atoms with Crippen LogP contribution in [-0.2, 0) is 29.6 Å². The first-order valence-electron chi connectivity index (χ1n) is 7.60. The Hall–Kier alpha value is -0.760. The summed E-state index contributed by atoms with van der Waals surface area (Å²) in [5.41, 5.74) is 0.423. The number of thiophene rings is 1. The highest BCUT2D eigenvalue weighted by atomic mass is 35.5. The minimum Gasteiger partial charge on any atom is -0.466 e. The van der Waals surface area contributed by atoms with Gasteiger partial charge in [-0.1, -0.05) is 6.92 Å². The molecule has 3 N–H and O–H groups in total. The molecule has 0 aliphatic carbocycles. The second-order valence-corrected chi connectivity index (χ2v) is 10.5. The van der Waals surface area contributed by atoms with Crippen molar-refractivity contribution in [3.8, 4) is 0 Å². The molecule has 1 atom stereocenters. The third kappa shape index (κ3) is 5.15. The van der Waals surface area contributed by atoms with E-state index in [2.05, 4.69) is 5.32 Å². The summed E-state index contributed by atoms with van der Waals surface area (Å²) in [4.78, 5) is 10.8. The molecule has 0 fully saturated rings. The monoisotopic (exact) mass is 447 g/mol. The average Bonchev–Trinajstić information content (AvgIpc) is 2.94. The maximum Gasteiger partial charge on any atom is 0.302 e. The van der Waals surface area contributed by atoms with Gasteiger partial charge in [-0.05, 0) is 19.0 Å². The Bertz CT molecular complexity index is 852. The molecule has 1 aromatic heterocycles. The summed E-state index contributed by atoms with van der Waals surface area (Å²) in [5.74, 6) is -0.426. The van der Waals surface area contributed by atoms with Gasteiger partial charge in [-0.25, -0.2) is 22.0 Å². The second-order valence-electron chi connectivity index (χ2n) is 5.52. The summed E-state index contributed by atoms with van der Waals surface area (Å²) in [5, 5.41) is 8.30. The number of rotatable bonds is 7. The number of carbonyl (C=O) groups is 1. The molecule has 0 aromatic carbocycles. The van der Waals surface area contributed by atoms with Gasteiger partial charge in [0.15, 0.2) is 0 Å². The van der Waals surface area contributed by atoms with Crippen LogP contribution < -0.4 is 10.5 Å². The molecular weight excluding hydrogens is 426 g/mol. The van der Waals surface area contributed by atoms with Crippen molar-refractivity contribution >= 4 is 49.8 Å². The Morgan fingerprint density at radius 2 is 2.15 bits per heavy atom. The summed E-state index contributed by atoms with van der Waals surface area (Å²) < 4.78 is 54.7. The molecule has 1 aromatic rings. The first-order chi connectivity index (χ1) is 11.6. The number of sulfonamides is 2. The number of fused-ring (bicyclic) bond motifs is 1. The van der Waals surface area contributed by atoms with E-state index in [9.17, 15) is 21.6 Å². The van der Waals surface area contributed by atoms with Crippen molar-refractivity contribution in [2.45, 2.75) is 34.7 Å². The number of ether oxygens (including phenoxy) is 1. The number of halogens is 1. The van der Waals surface area contributed by atoms with Crippen LogP contribution in [0.1, 0.15) is 31.9 Å². The normalized spacial score (nSPS) is 19.4. The van der Waals surface area contributed by atoms with Crippen LogP contribution in [0.4, 0.5) is 0 Å². The number of nitrogens with one attached hydrogen (secondary N) is 1. The van der Waals surface area contributed by atoms with Crippen LogP contribution in [0.3, 0.4) is 0 Å². The van der Waals surface area contributed by atoms with E-state index in [1.807, 2.05) is 6.92 Å². The highest BCUT2D eigenvalue weighted by molar-refractivity contribution is 7.94. The van der Waals surface area contributed by atoms with Crippen molar-refractivity contribution in [3.63, 3.8) is 0 Å². The first kappa shape index (κ1) is 23.3. The quantitative estimate of drug-likeness (QED) is 0.456. The number of nitrogens with two attached hydrogens (primary N) is 1. The molecule has 0 saturated heterocycles. The van der Waals surface area contributed by atoms with Gasteiger partial charge < -0.3 is 10.1 Å². The summed E-state index contributed by atoms with van der Waals surface area (Å²) >= 11 is 0.659. The molecule has 26 heavy (non-hydrogen) atoms. The standard InChI is InChI=1S/C13H21N3O6S3.ClH/c1-3-15-11-8-16(5-4-6-22-9(2)17)25(20,21)13-10(11)7-12(23-13)24(14,18)19;/h7,11,15H,3-6,8H2,1-2H3,(H2,14,18,19);1H. The van der Waals surface area contributed by atoms with Gasteiger partial charge >= 0.3 is 5.97 Å². The SMILES string of the molecule is CCNC1CN(CCCOC(C)=O)S(=O)(=O)c2sc(S(N)(=O)=O)cc21.Cl. The van der Waals surface area contributed by atoms with E-state index in [0.29, 0.717) is 29.9 Å². The zero-order valence-corrected chi connectivity index (χ0v) is 17.6. The zero-order chi connectivity index (χ0) is 18.8. The smallest absolute Gasteiger partial charge is 0.302 e. The molecule has 2 heterocycles. The maximum absolute atomic E-state index is 12.8. The highest BCUT2D eigenvalue weighted by Crippen LogP contribution is 2.39. The van der Waals surface area contributed by atoms with Crippen molar-refractivity contribution in [2.24, 2.45) is 5.14 Å². The maximum atomic E-state index is 12.8. The molecular formula is C13H22ClN3O6S3. The molecule has 0 spiro atoms. The third-order valence-corrected chi connectivity index (χ3v) is 8.59. The highest BCUT2D eigenvalue weighted by Gasteiger charge is 2.39. The number of likely N-dealkylation sites (N-methyl/N-ethyl adjacent to an activating group) is 1. The topological polar surface area (TPSA) is 136 Å². The third-order valence-electron chi connectivity index (χ3n) is 3.63. The number of primary sulfonamides is 1. The van der Waals surface area contributed by atoms with Gasteiger partial charge in [0.2, 0.25) is 10.0 Å². The lowest BCUT2D eigenvalue weighted by molar-refractivity contribution is -0.141. The molecule has 1 aliphatic rings. The second kappa shape index (κ2) is 8.95. The molecule has 9 nitrogen and oxygen atoms in total. The lowest BCUT2D eigenvalue weighted by atomic mass is 10.1. The number of esters is 1. The summed E-state index contributed by atoms with van der Waals surface area (Å²) in [7, 11) is -7.81. The fourth-order valence-electron chi connectivity index (χ4n) is 2.56. The van der Waals surface area contributed by atoms with Gasteiger partial charge in [0.1, 0.15) is 8.42 Å². The fraction of sp³-hybridized carbons (Fsp3) is 0.615. The van der Waals surface area contributed by atoms with Crippen LogP contribution in [0.5, 0.6) is 0 Å². The van der Waals surface area contributed by atoms with Crippen molar-refractivity contribution in [2.75, 3.05) is 26.2 Å². The van der Waals surface area contributed by atoms with E-state index in [1.54, 1.807) is 0 Å². The number of hydrogen-bond donors (Lipinski definition) is 2. The van der Waals surface area contributed by atoms with Crippen LogP contribution in [0.2, 0.25) is 0 Å². The first-order valence-corrected chi connectivity index (χ1v) is 11.4. The molecule has 0 radical (unpaired) electrons. The predicted octanol–water partition coefficient (Wildman–Crippen LogP) is 0.425. The summed E-state index contributed by atoms with van der Waals surface area (Å²) in [6.07, 6.45) is 0.348. The van der Waals surface area contributed by atoms with Gasteiger partial charge in [-0.2, -0.15) is 4.31 Å². The Labute approximate surface area is 163 Å². The van der Waals surface area contributed by atoms with Crippen LogP contribution in [-0.4, -0.2) is 53.4 Å². The van der Waals surface area contributed by atoms with E-state index >= 15 is 0 Å². The van der Waals surface area contributed by atoms with Gasteiger partial charge in [0.05, 0.1) is 6.61 Å². The van der Waals surface area contributed by atoms with Gasteiger partial charge in [-0.3, -0.25) is 4.79 Å². The molecule has 1 unspecified atom stereocenters. The minimum atomic E-state index is -3.98. The lowest BCUT2D eigenvalue weighted by Crippen LogP contribution is -2.43. The van der Waals surface area contributed by atoms with Gasteiger partial charge in [0, 0.05) is 31.6 Å². The minimum absolute atomic E-state index is 0. The number of hydrogen-bond acceptors (Lipinski definition) is 8. The largest absolute Gasteiger partial charge is 0.466 e.